The van der Waals surface area contributed by atoms with E-state index in [2.05, 4.69) is 20.6 Å². The molecule has 0 saturated heterocycles. The zero-order valence-electron chi connectivity index (χ0n) is 13.3. The van der Waals surface area contributed by atoms with Crippen LogP contribution in [-0.4, -0.2) is 16.7 Å². The molecule has 7 nitrogen and oxygen atoms in total. The Morgan fingerprint density at radius 3 is 2.75 bits per heavy atom. The van der Waals surface area contributed by atoms with Crippen LogP contribution >= 0.6 is 0 Å². The van der Waals surface area contributed by atoms with Crippen LogP contribution in [0.1, 0.15) is 32.9 Å². The summed E-state index contributed by atoms with van der Waals surface area (Å²) in [5.74, 6) is 4.08. The van der Waals surface area contributed by atoms with E-state index in [-0.39, 0.29) is 23.9 Å². The predicted octanol–water partition coefficient (Wildman–Crippen LogP) is 2.42. The number of aryl methyl sites for hydroxylation is 2. The van der Waals surface area contributed by atoms with Gasteiger partial charge in [-0.3, -0.25) is 10.2 Å². The highest BCUT2D eigenvalue weighted by Gasteiger charge is 2.12. The van der Waals surface area contributed by atoms with Gasteiger partial charge in [-0.15, -0.1) is 5.11 Å². The van der Waals surface area contributed by atoms with E-state index in [4.69, 9.17) is 11.3 Å². The summed E-state index contributed by atoms with van der Waals surface area (Å²) in [5.41, 5.74) is 2.39. The Morgan fingerprint density at radius 1 is 1.33 bits per heavy atom. The molecule has 1 heterocycles. The molecule has 124 valence electrons. The maximum Gasteiger partial charge on any atom is 0.270 e. The highest BCUT2D eigenvalue weighted by molar-refractivity contribution is 6.00. The summed E-state index contributed by atoms with van der Waals surface area (Å²) in [6.45, 7) is 3.61. The van der Waals surface area contributed by atoms with Crippen molar-refractivity contribution >= 4 is 11.7 Å². The highest BCUT2D eigenvalue weighted by atomic mass is 19.1. The number of rotatable bonds is 4. The number of amides is 1. The standard InChI is InChI=1S/C16H17FN6O/c1-9-5-11(3-4-13(9)17)8-20-16(24)14-7-12(6-10(2)21-14)15(18)22-23-19/h3-7H,8H2,1-2H3,(H,20,24)(H3,18,19,22). The first-order valence-electron chi connectivity index (χ1n) is 7.12. The molecule has 24 heavy (non-hydrogen) atoms. The topological polar surface area (TPSA) is 117 Å². The van der Waals surface area contributed by atoms with Crippen LogP contribution in [0.25, 0.3) is 0 Å². The SMILES string of the molecule is Cc1cc(C(=N)N=NN)cc(C(=O)NCc2ccc(F)c(C)c2)n1. The molecule has 4 N–H and O–H groups in total. The highest BCUT2D eigenvalue weighted by Crippen LogP contribution is 2.10. The molecule has 0 saturated carbocycles. The summed E-state index contributed by atoms with van der Waals surface area (Å²) in [5, 5.41) is 16.9. The average Bonchev–Trinajstić information content (AvgIpc) is 2.55. The third-order valence-corrected chi connectivity index (χ3v) is 3.29. The Balaban J connectivity index is 2.14. The van der Waals surface area contributed by atoms with E-state index in [1.807, 2.05) is 0 Å². The van der Waals surface area contributed by atoms with E-state index in [1.165, 1.54) is 12.1 Å². The number of hydrogen-bond acceptors (Lipinski definition) is 4. The second-order valence-corrected chi connectivity index (χ2v) is 5.21. The molecule has 2 rings (SSSR count). The van der Waals surface area contributed by atoms with E-state index in [1.54, 1.807) is 32.0 Å². The van der Waals surface area contributed by atoms with Crippen molar-refractivity contribution in [3.63, 3.8) is 0 Å². The molecule has 0 aliphatic carbocycles. The van der Waals surface area contributed by atoms with Gasteiger partial charge in [0.2, 0.25) is 0 Å². The number of hydrogen-bond donors (Lipinski definition) is 3. The molecule has 1 aromatic carbocycles. The van der Waals surface area contributed by atoms with Crippen molar-refractivity contribution in [3.8, 4) is 0 Å². The molecule has 0 bridgehead atoms. The summed E-state index contributed by atoms with van der Waals surface area (Å²) in [6, 6.07) is 7.68. The van der Waals surface area contributed by atoms with Crippen LogP contribution in [0.15, 0.2) is 40.7 Å². The molecular formula is C16H17FN6O. The van der Waals surface area contributed by atoms with Gasteiger partial charge in [0.05, 0.1) is 0 Å². The molecule has 0 spiro atoms. The summed E-state index contributed by atoms with van der Waals surface area (Å²) >= 11 is 0. The molecule has 0 aliphatic rings. The molecule has 1 aromatic heterocycles. The fourth-order valence-corrected chi connectivity index (χ4v) is 2.13. The van der Waals surface area contributed by atoms with Crippen molar-refractivity contribution in [3.05, 3.63) is 64.2 Å². The number of amidine groups is 1. The first-order valence-corrected chi connectivity index (χ1v) is 7.12. The Labute approximate surface area is 138 Å². The number of nitrogens with two attached hydrogens (primary N) is 1. The van der Waals surface area contributed by atoms with E-state index in [0.29, 0.717) is 16.8 Å². The van der Waals surface area contributed by atoms with Crippen LogP contribution in [0.4, 0.5) is 4.39 Å². The number of carbonyl (C=O) groups excluding carboxylic acids is 1. The van der Waals surface area contributed by atoms with Crippen molar-refractivity contribution in [1.82, 2.24) is 10.3 Å². The van der Waals surface area contributed by atoms with Crippen molar-refractivity contribution in [2.45, 2.75) is 20.4 Å². The molecular weight excluding hydrogens is 311 g/mol. The quantitative estimate of drug-likeness (QED) is 0.263. The molecule has 1 amide bonds. The van der Waals surface area contributed by atoms with Crippen LogP contribution in [0.3, 0.4) is 0 Å². The van der Waals surface area contributed by atoms with Gasteiger partial charge in [-0.1, -0.05) is 17.4 Å². The predicted molar refractivity (Wildman–Crippen MR) is 87.2 cm³/mol. The van der Waals surface area contributed by atoms with Gasteiger partial charge in [-0.05, 0) is 43.2 Å². The van der Waals surface area contributed by atoms with Crippen LogP contribution in [0.5, 0.6) is 0 Å². The lowest BCUT2D eigenvalue weighted by Gasteiger charge is -2.08. The van der Waals surface area contributed by atoms with Gasteiger partial charge in [-0.25, -0.2) is 9.37 Å². The Bertz CT molecular complexity index is 818. The maximum atomic E-state index is 13.2. The summed E-state index contributed by atoms with van der Waals surface area (Å²) in [6.07, 6.45) is 0. The summed E-state index contributed by atoms with van der Waals surface area (Å²) in [4.78, 5) is 16.4. The number of nitrogens with one attached hydrogen (secondary N) is 2. The first-order chi connectivity index (χ1) is 11.4. The van der Waals surface area contributed by atoms with Gasteiger partial charge in [-0.2, -0.15) is 0 Å². The van der Waals surface area contributed by atoms with Gasteiger partial charge < -0.3 is 11.2 Å². The minimum absolute atomic E-state index is 0.154. The van der Waals surface area contributed by atoms with Crippen molar-refractivity contribution in [2.75, 3.05) is 0 Å². The number of benzene rings is 1. The third-order valence-electron chi connectivity index (χ3n) is 3.29. The van der Waals surface area contributed by atoms with E-state index >= 15 is 0 Å². The number of nitrogens with zero attached hydrogens (tertiary/aromatic N) is 3. The van der Waals surface area contributed by atoms with Gasteiger partial charge in [0.25, 0.3) is 5.91 Å². The summed E-state index contributed by atoms with van der Waals surface area (Å²) in [7, 11) is 0. The maximum absolute atomic E-state index is 13.2. The van der Waals surface area contributed by atoms with Crippen LogP contribution in [0.2, 0.25) is 0 Å². The smallest absolute Gasteiger partial charge is 0.270 e. The van der Waals surface area contributed by atoms with Crippen LogP contribution in [0, 0.1) is 25.1 Å². The summed E-state index contributed by atoms with van der Waals surface area (Å²) < 4.78 is 13.2. The molecule has 0 aliphatic heterocycles. The van der Waals surface area contributed by atoms with E-state index in [0.717, 1.165) is 5.56 Å². The fraction of sp³-hybridized carbons (Fsp3) is 0.188. The second kappa shape index (κ2) is 7.40. The largest absolute Gasteiger partial charge is 0.347 e. The molecule has 0 radical (unpaired) electrons. The van der Waals surface area contributed by atoms with Crippen LogP contribution in [-0.2, 0) is 6.54 Å². The van der Waals surface area contributed by atoms with Crippen molar-refractivity contribution in [1.29, 1.82) is 5.41 Å². The monoisotopic (exact) mass is 328 g/mol. The molecule has 0 unspecified atom stereocenters. The van der Waals surface area contributed by atoms with Gasteiger partial charge in [0.15, 0.2) is 5.84 Å². The zero-order chi connectivity index (χ0) is 17.7. The minimum atomic E-state index is -0.403. The van der Waals surface area contributed by atoms with E-state index < -0.39 is 5.91 Å². The molecule has 0 fully saturated rings. The Kier molecular flexibility index (Phi) is 5.31. The number of pyridine rings is 1. The first kappa shape index (κ1) is 17.2. The fourth-order valence-electron chi connectivity index (χ4n) is 2.13. The van der Waals surface area contributed by atoms with Crippen molar-refractivity contribution in [2.24, 2.45) is 16.2 Å². The number of aromatic nitrogens is 1. The van der Waals surface area contributed by atoms with Gasteiger partial charge >= 0.3 is 0 Å². The lowest BCUT2D eigenvalue weighted by Crippen LogP contribution is -2.24. The lowest BCUT2D eigenvalue weighted by molar-refractivity contribution is 0.0945. The normalized spacial score (nSPS) is 10.8. The second-order valence-electron chi connectivity index (χ2n) is 5.21. The average molecular weight is 328 g/mol. The lowest BCUT2D eigenvalue weighted by atomic mass is 10.1. The molecule has 0 atom stereocenters. The van der Waals surface area contributed by atoms with Crippen LogP contribution < -0.4 is 11.2 Å². The number of halogens is 1. The molecule has 2 aromatic rings. The third kappa shape index (κ3) is 4.19. The van der Waals surface area contributed by atoms with Gasteiger partial charge in [0, 0.05) is 17.8 Å². The minimum Gasteiger partial charge on any atom is -0.347 e. The number of carbonyl (C=O) groups is 1. The Morgan fingerprint density at radius 2 is 2.08 bits per heavy atom. The Hall–Kier alpha value is -3.16. The van der Waals surface area contributed by atoms with E-state index in [9.17, 15) is 9.18 Å². The zero-order valence-corrected chi connectivity index (χ0v) is 13.3. The molecule has 8 heteroatoms. The van der Waals surface area contributed by atoms with Gasteiger partial charge in [0.1, 0.15) is 11.5 Å². The van der Waals surface area contributed by atoms with Crippen molar-refractivity contribution < 1.29 is 9.18 Å².